The van der Waals surface area contributed by atoms with Crippen LogP contribution in [0.2, 0.25) is 0 Å². The molecule has 2 amide bonds. The molecule has 7 N–H and O–H groups in total. The van der Waals surface area contributed by atoms with Crippen LogP contribution in [-0.4, -0.2) is 98.5 Å². The molecule has 3 fully saturated rings. The normalized spacial score (nSPS) is 33.8. The fraction of sp³-hybridized carbons (Fsp3) is 0.548. The van der Waals surface area contributed by atoms with E-state index >= 15 is 0 Å². The van der Waals surface area contributed by atoms with Crippen molar-refractivity contribution in [3.05, 3.63) is 45.9 Å². The largest absolute Gasteiger partial charge is 0.510 e. The maximum Gasteiger partial charge on any atom is 0.255 e. The monoisotopic (exact) mass is 594 g/mol. The number of fused-ring (bicyclic) bond motifs is 6. The zero-order valence-electron chi connectivity index (χ0n) is 24.5. The number of hydrogen-bond acceptors (Lipinski definition) is 10. The molecule has 1 saturated carbocycles. The molecule has 0 radical (unpaired) electrons. The number of allylic oxidation sites excluding steroid dienone is 1. The molecule has 12 heteroatoms. The second-order valence-corrected chi connectivity index (χ2v) is 13.2. The first-order valence-corrected chi connectivity index (χ1v) is 14.8. The summed E-state index contributed by atoms with van der Waals surface area (Å²) in [7, 11) is 3.16. The van der Waals surface area contributed by atoms with Gasteiger partial charge in [-0.2, -0.15) is 0 Å². The highest BCUT2D eigenvalue weighted by Crippen LogP contribution is 2.52. The summed E-state index contributed by atoms with van der Waals surface area (Å²) in [6.45, 7) is 3.22. The molecule has 12 nitrogen and oxygen atoms in total. The number of carbonyl (C=O) groups excluding carboxylic acids is 4. The third-order valence-corrected chi connectivity index (χ3v) is 10.4. The third kappa shape index (κ3) is 4.29. The number of nitrogens with zero attached hydrogens (tertiary/aromatic N) is 2. The molecule has 4 aliphatic carbocycles. The maximum atomic E-state index is 13.9. The minimum atomic E-state index is -2.70. The maximum absolute atomic E-state index is 13.9. The number of aliphatic hydroxyl groups is 3. The van der Waals surface area contributed by atoms with E-state index in [1.165, 1.54) is 17.7 Å². The van der Waals surface area contributed by atoms with Crippen LogP contribution in [0.4, 0.5) is 5.69 Å². The molecule has 230 valence electrons. The Morgan fingerprint density at radius 3 is 2.49 bits per heavy atom. The second kappa shape index (κ2) is 10.2. The fourth-order valence-electron chi connectivity index (χ4n) is 8.55. The van der Waals surface area contributed by atoms with Crippen molar-refractivity contribution >= 4 is 29.1 Å². The second-order valence-electron chi connectivity index (χ2n) is 13.2. The Morgan fingerprint density at radius 1 is 1.14 bits per heavy atom. The molecule has 1 aromatic carbocycles. The summed E-state index contributed by atoms with van der Waals surface area (Å²) in [5.41, 5.74) is 1.98. The molecular weight excluding hydrogens is 556 g/mol. The van der Waals surface area contributed by atoms with Crippen LogP contribution in [0.1, 0.15) is 48.5 Å². The van der Waals surface area contributed by atoms with E-state index in [1.54, 1.807) is 26.2 Å². The van der Waals surface area contributed by atoms with E-state index < -0.39 is 63.8 Å². The number of likely N-dealkylation sites (N-methyl/N-ethyl adjacent to an activating group) is 1. The number of nitrogens with two attached hydrogens (primary N) is 1. The number of nitrogens with one attached hydrogen (secondary N) is 1. The number of benzene rings is 1. The van der Waals surface area contributed by atoms with Crippen LogP contribution in [0.25, 0.3) is 0 Å². The zero-order valence-corrected chi connectivity index (χ0v) is 24.5. The van der Waals surface area contributed by atoms with Gasteiger partial charge in [-0.05, 0) is 75.6 Å². The van der Waals surface area contributed by atoms with Gasteiger partial charge in [0.05, 0.1) is 23.8 Å². The minimum Gasteiger partial charge on any atom is -0.510 e. The van der Waals surface area contributed by atoms with Crippen LogP contribution in [0.3, 0.4) is 0 Å². The Labute approximate surface area is 248 Å². The van der Waals surface area contributed by atoms with Crippen LogP contribution < -0.4 is 11.1 Å². The Hall–Kier alpha value is -3.74. The molecule has 2 saturated heterocycles. The van der Waals surface area contributed by atoms with Gasteiger partial charge in [0, 0.05) is 24.1 Å². The first-order valence-electron chi connectivity index (χ1n) is 14.8. The van der Waals surface area contributed by atoms with Crippen LogP contribution in [-0.2, 0) is 20.8 Å². The summed E-state index contributed by atoms with van der Waals surface area (Å²) in [5, 5.41) is 47.9. The number of rotatable bonds is 5. The predicted molar refractivity (Wildman–Crippen MR) is 154 cm³/mol. The van der Waals surface area contributed by atoms with Gasteiger partial charge in [0.25, 0.3) is 5.91 Å². The summed E-state index contributed by atoms with van der Waals surface area (Å²) in [6, 6.07) is 2.47. The lowest BCUT2D eigenvalue weighted by Gasteiger charge is -2.50. The van der Waals surface area contributed by atoms with Crippen LogP contribution in [0.5, 0.6) is 5.75 Å². The van der Waals surface area contributed by atoms with Gasteiger partial charge in [0.15, 0.2) is 17.1 Å². The topological polar surface area (TPSA) is 194 Å². The number of Topliss-reactive ketones (excluding diaryl/α,β-unsaturated/α-hetero) is 2. The van der Waals surface area contributed by atoms with Crippen molar-refractivity contribution in [2.75, 3.05) is 32.5 Å². The van der Waals surface area contributed by atoms with Gasteiger partial charge in [0.2, 0.25) is 11.7 Å². The van der Waals surface area contributed by atoms with E-state index in [9.17, 15) is 39.6 Å². The molecular formula is C31H38N4O8. The van der Waals surface area contributed by atoms with E-state index in [-0.39, 0.29) is 42.1 Å². The van der Waals surface area contributed by atoms with Gasteiger partial charge in [-0.15, -0.1) is 0 Å². The highest BCUT2D eigenvalue weighted by Gasteiger charge is 2.63. The molecule has 0 spiro atoms. The Kier molecular flexibility index (Phi) is 6.94. The van der Waals surface area contributed by atoms with Crippen LogP contribution in [0.15, 0.2) is 34.8 Å². The summed E-state index contributed by atoms with van der Waals surface area (Å²) >= 11 is 0. The van der Waals surface area contributed by atoms with E-state index in [4.69, 9.17) is 5.73 Å². The number of primary amides is 1. The molecule has 1 aromatic rings. The molecule has 43 heavy (non-hydrogen) atoms. The van der Waals surface area contributed by atoms with Crippen LogP contribution >= 0.6 is 0 Å². The smallest absolute Gasteiger partial charge is 0.255 e. The van der Waals surface area contributed by atoms with Crippen molar-refractivity contribution in [1.29, 1.82) is 0 Å². The van der Waals surface area contributed by atoms with Crippen LogP contribution in [0, 0.1) is 23.7 Å². The lowest BCUT2D eigenvalue weighted by Crippen LogP contribution is -2.63. The van der Waals surface area contributed by atoms with Crippen molar-refractivity contribution in [2.24, 2.45) is 29.4 Å². The van der Waals surface area contributed by atoms with Gasteiger partial charge < -0.3 is 31.5 Å². The number of aliphatic hydroxyl groups excluding tert-OH is 2. The van der Waals surface area contributed by atoms with E-state index in [2.05, 4.69) is 17.1 Å². The van der Waals surface area contributed by atoms with Crippen molar-refractivity contribution in [2.45, 2.75) is 56.7 Å². The van der Waals surface area contributed by atoms with Crippen molar-refractivity contribution in [3.8, 4) is 5.75 Å². The summed E-state index contributed by atoms with van der Waals surface area (Å²) in [4.78, 5) is 56.2. The number of piperidine rings is 2. The van der Waals surface area contributed by atoms with Crippen molar-refractivity contribution < 1.29 is 39.6 Å². The number of ketones is 2. The lowest BCUT2D eigenvalue weighted by molar-refractivity contribution is -0.148. The van der Waals surface area contributed by atoms with E-state index in [1.807, 2.05) is 0 Å². The Morgan fingerprint density at radius 2 is 1.86 bits per heavy atom. The number of aromatic hydroxyl groups is 1. The number of amides is 2. The highest BCUT2D eigenvalue weighted by atomic mass is 16.3. The minimum absolute atomic E-state index is 0.0153. The quantitative estimate of drug-likeness (QED) is 0.213. The average molecular weight is 595 g/mol. The first kappa shape index (κ1) is 29.3. The van der Waals surface area contributed by atoms with E-state index in [0.29, 0.717) is 23.4 Å². The zero-order chi connectivity index (χ0) is 31.1. The molecule has 0 aromatic heterocycles. The lowest BCUT2D eigenvalue weighted by atomic mass is 9.58. The fourth-order valence-corrected chi connectivity index (χ4v) is 8.55. The molecule has 2 aliphatic heterocycles. The van der Waals surface area contributed by atoms with Crippen molar-refractivity contribution in [3.63, 3.8) is 0 Å². The molecule has 5 unspecified atom stereocenters. The first-order chi connectivity index (χ1) is 20.2. The predicted octanol–water partition coefficient (Wildman–Crippen LogP) is 1.18. The highest BCUT2D eigenvalue weighted by molar-refractivity contribution is 6.25. The summed E-state index contributed by atoms with van der Waals surface area (Å²) in [5.74, 6) is -6.31. The van der Waals surface area contributed by atoms with Gasteiger partial charge in [-0.3, -0.25) is 29.0 Å². The van der Waals surface area contributed by atoms with Gasteiger partial charge in [0.1, 0.15) is 17.1 Å². The van der Waals surface area contributed by atoms with E-state index in [0.717, 1.165) is 13.0 Å². The summed E-state index contributed by atoms with van der Waals surface area (Å²) < 4.78 is 0. The number of phenols is 1. The Balaban J connectivity index is 1.32. The van der Waals surface area contributed by atoms with Crippen molar-refractivity contribution in [1.82, 2.24) is 9.80 Å². The third-order valence-electron chi connectivity index (χ3n) is 10.4. The number of carbonyl (C=O) groups is 4. The SMILES string of the molecule is CC1CC2CCC1N(CC(=O)Nc1ccc3c(c1O)C(=O)C1=C(O)[C@@]4(O)C(=O)C(C(N)=O)=C(O)[C@H](N(C)C)C4CC1C3)C2. The van der Waals surface area contributed by atoms with Gasteiger partial charge in [-0.25, -0.2) is 0 Å². The number of hydrogen-bond donors (Lipinski definition) is 6. The average Bonchev–Trinajstić information content (AvgIpc) is 2.92. The molecule has 2 heterocycles. The molecule has 6 aliphatic rings. The molecule has 7 atom stereocenters. The Bertz CT molecular complexity index is 1510. The number of anilines is 1. The molecule has 2 bridgehead atoms. The molecule has 7 rings (SSSR count). The standard InChI is InChI=1S/C31H38N4O8/c1-13-8-14-4-7-19(13)35(11-14)12-20(36)33-18-6-5-15-9-16-10-17-24(34(2)3)27(39)23(30(32)42)29(41)31(17,43)28(40)22(16)26(38)21(15)25(18)37/h5-6,13-14,16-17,19,24,37,39-40,43H,4,7-12H2,1-3H3,(H2,32,42)(H,33,36)/t13?,14?,16?,17?,19?,24-,31-/m1/s1. The number of phenolic OH excluding ortho intramolecular Hbond substituents is 1. The summed E-state index contributed by atoms with van der Waals surface area (Å²) in [6.07, 6.45) is 3.59. The van der Waals surface area contributed by atoms with Gasteiger partial charge in [-0.1, -0.05) is 13.0 Å². The van der Waals surface area contributed by atoms with Gasteiger partial charge >= 0.3 is 0 Å².